The normalized spacial score (nSPS) is 10.8. The summed E-state index contributed by atoms with van der Waals surface area (Å²) in [7, 11) is 1.53. The average Bonchev–Trinajstić information content (AvgIpc) is 3.17. The largest absolute Gasteiger partial charge is 0.495 e. The number of aromatic nitrogens is 2. The summed E-state index contributed by atoms with van der Waals surface area (Å²) in [5, 5.41) is 0.769. The first kappa shape index (κ1) is 17.9. The summed E-state index contributed by atoms with van der Waals surface area (Å²) in [6.07, 6.45) is 0. The molecule has 0 aliphatic heterocycles. The number of methoxy groups -OCH3 is 1. The number of thiophene rings is 1. The number of rotatable bonds is 5. The zero-order valence-electron chi connectivity index (χ0n) is 15.1. The lowest BCUT2D eigenvalue weighted by atomic mass is 10.2. The molecule has 7 heteroatoms. The molecule has 0 fully saturated rings. The van der Waals surface area contributed by atoms with Crippen molar-refractivity contribution in [1.29, 1.82) is 0 Å². The van der Waals surface area contributed by atoms with E-state index in [9.17, 15) is 4.79 Å². The average molecular weight is 391 g/mol. The van der Waals surface area contributed by atoms with Crippen LogP contribution in [0.1, 0.15) is 15.5 Å². The van der Waals surface area contributed by atoms with Gasteiger partial charge in [0.1, 0.15) is 11.6 Å². The molecule has 0 aliphatic rings. The van der Waals surface area contributed by atoms with Gasteiger partial charge in [-0.25, -0.2) is 14.8 Å². The highest BCUT2D eigenvalue weighted by Crippen LogP contribution is 2.36. The maximum atomic E-state index is 12.6. The second-order valence-corrected chi connectivity index (χ2v) is 7.04. The van der Waals surface area contributed by atoms with Crippen molar-refractivity contribution >= 4 is 34.0 Å². The fraction of sp³-hybridized carbons (Fsp3) is 0.0952. The number of anilines is 1. The van der Waals surface area contributed by atoms with Crippen molar-refractivity contribution < 1.29 is 14.3 Å². The van der Waals surface area contributed by atoms with Crippen molar-refractivity contribution in [2.75, 3.05) is 12.8 Å². The van der Waals surface area contributed by atoms with Crippen LogP contribution in [0.2, 0.25) is 0 Å². The van der Waals surface area contributed by atoms with Crippen LogP contribution in [0.25, 0.3) is 21.3 Å². The molecular formula is C21H17N3O3S. The molecule has 140 valence electrons. The van der Waals surface area contributed by atoms with Gasteiger partial charge in [-0.15, -0.1) is 11.3 Å². The van der Waals surface area contributed by atoms with Gasteiger partial charge in [0.05, 0.1) is 12.6 Å². The minimum atomic E-state index is -0.487. The predicted molar refractivity (Wildman–Crippen MR) is 109 cm³/mol. The Kier molecular flexibility index (Phi) is 4.90. The van der Waals surface area contributed by atoms with Crippen molar-refractivity contribution in [3.05, 3.63) is 71.4 Å². The van der Waals surface area contributed by atoms with E-state index in [0.29, 0.717) is 27.8 Å². The molecule has 0 atom stereocenters. The van der Waals surface area contributed by atoms with E-state index in [1.807, 2.05) is 60.7 Å². The number of carbonyl (C=O) groups is 1. The molecule has 0 saturated heterocycles. The lowest BCUT2D eigenvalue weighted by Gasteiger charge is -2.07. The highest BCUT2D eigenvalue weighted by molar-refractivity contribution is 7.17. The lowest BCUT2D eigenvalue weighted by Crippen LogP contribution is -2.08. The van der Waals surface area contributed by atoms with Gasteiger partial charge in [0, 0.05) is 10.3 Å². The Morgan fingerprint density at radius 2 is 1.82 bits per heavy atom. The highest BCUT2D eigenvalue weighted by atomic mass is 32.1. The third kappa shape index (κ3) is 3.52. The number of nitrogens with two attached hydrogens (primary N) is 1. The molecule has 0 radical (unpaired) electrons. The van der Waals surface area contributed by atoms with Gasteiger partial charge in [-0.2, -0.15) is 0 Å². The Morgan fingerprint density at radius 3 is 2.61 bits per heavy atom. The van der Waals surface area contributed by atoms with Gasteiger partial charge in [-0.1, -0.05) is 42.5 Å². The molecule has 0 saturated carbocycles. The lowest BCUT2D eigenvalue weighted by molar-refractivity contribution is 0.0465. The van der Waals surface area contributed by atoms with Crippen molar-refractivity contribution in [2.45, 2.75) is 6.61 Å². The summed E-state index contributed by atoms with van der Waals surface area (Å²) in [5.41, 5.74) is 7.70. The van der Waals surface area contributed by atoms with Crippen LogP contribution in [0.5, 0.6) is 5.75 Å². The number of ether oxygens (including phenoxy) is 2. The first-order valence-corrected chi connectivity index (χ1v) is 9.39. The van der Waals surface area contributed by atoms with Crippen molar-refractivity contribution in [3.8, 4) is 16.2 Å². The molecule has 4 rings (SSSR count). The van der Waals surface area contributed by atoms with E-state index in [1.54, 1.807) is 0 Å². The number of para-hydroxylation sites is 1. The van der Waals surface area contributed by atoms with Crippen LogP contribution in [0.15, 0.2) is 60.7 Å². The molecule has 0 spiro atoms. The third-order valence-electron chi connectivity index (χ3n) is 4.17. The Balaban J connectivity index is 1.55. The van der Waals surface area contributed by atoms with Crippen LogP contribution in [0, 0.1) is 0 Å². The summed E-state index contributed by atoms with van der Waals surface area (Å²) >= 11 is 1.32. The number of carbonyl (C=O) groups excluding carboxylic acids is 1. The van der Waals surface area contributed by atoms with Gasteiger partial charge in [0.25, 0.3) is 0 Å². The van der Waals surface area contributed by atoms with E-state index in [2.05, 4.69) is 9.97 Å². The molecule has 4 aromatic rings. The maximum Gasteiger partial charge on any atom is 0.352 e. The third-order valence-corrected chi connectivity index (χ3v) is 5.32. The Bertz CT molecular complexity index is 1140. The quantitative estimate of drug-likeness (QED) is 0.510. The molecule has 2 aromatic carbocycles. The smallest absolute Gasteiger partial charge is 0.352 e. The van der Waals surface area contributed by atoms with Crippen molar-refractivity contribution in [1.82, 2.24) is 9.97 Å². The molecule has 2 aromatic heterocycles. The van der Waals surface area contributed by atoms with Gasteiger partial charge >= 0.3 is 5.97 Å². The Morgan fingerprint density at radius 1 is 1.07 bits per heavy atom. The number of benzene rings is 2. The minimum absolute atomic E-state index is 0.0738. The monoisotopic (exact) mass is 391 g/mol. The van der Waals surface area contributed by atoms with Gasteiger partial charge in [0.15, 0.2) is 17.3 Å². The summed E-state index contributed by atoms with van der Waals surface area (Å²) < 4.78 is 10.8. The van der Waals surface area contributed by atoms with Crippen LogP contribution in [0.3, 0.4) is 0 Å². The fourth-order valence-corrected chi connectivity index (χ4v) is 3.85. The molecule has 0 bridgehead atoms. The number of hydrogen-bond acceptors (Lipinski definition) is 7. The van der Waals surface area contributed by atoms with Gasteiger partial charge < -0.3 is 15.2 Å². The fourth-order valence-electron chi connectivity index (χ4n) is 2.82. The summed E-state index contributed by atoms with van der Waals surface area (Å²) in [5.74, 6) is 0.701. The van der Waals surface area contributed by atoms with E-state index in [1.165, 1.54) is 18.4 Å². The molecule has 0 amide bonds. The van der Waals surface area contributed by atoms with Gasteiger partial charge in [-0.05, 0) is 23.8 Å². The van der Waals surface area contributed by atoms with Crippen LogP contribution in [-0.2, 0) is 11.3 Å². The highest BCUT2D eigenvalue weighted by Gasteiger charge is 2.20. The number of hydrogen-bond donors (Lipinski definition) is 1. The number of fused-ring (bicyclic) bond motifs is 1. The second-order valence-electron chi connectivity index (χ2n) is 5.99. The van der Waals surface area contributed by atoms with E-state index < -0.39 is 5.97 Å². The van der Waals surface area contributed by atoms with E-state index in [0.717, 1.165) is 15.8 Å². The van der Waals surface area contributed by atoms with Crippen LogP contribution in [-0.4, -0.2) is 23.0 Å². The summed E-state index contributed by atoms with van der Waals surface area (Å²) in [6.45, 7) is -0.0738. The predicted octanol–water partition coefficient (Wildman–Crippen LogP) is 4.31. The number of nitrogens with zero attached hydrogens (tertiary/aromatic N) is 2. The van der Waals surface area contributed by atoms with Crippen LogP contribution < -0.4 is 10.5 Å². The van der Waals surface area contributed by atoms with Gasteiger partial charge in [-0.3, -0.25) is 0 Å². The summed E-state index contributed by atoms with van der Waals surface area (Å²) in [6, 6.07) is 19.1. The van der Waals surface area contributed by atoms with E-state index in [-0.39, 0.29) is 6.61 Å². The molecule has 28 heavy (non-hydrogen) atoms. The molecule has 6 nitrogen and oxygen atoms in total. The first-order chi connectivity index (χ1) is 13.7. The second kappa shape index (κ2) is 7.66. The molecule has 2 N–H and O–H groups in total. The van der Waals surface area contributed by atoms with E-state index in [4.69, 9.17) is 15.2 Å². The first-order valence-electron chi connectivity index (χ1n) is 8.57. The zero-order valence-corrected chi connectivity index (χ0v) is 15.9. The molecular weight excluding hydrogens is 374 g/mol. The minimum Gasteiger partial charge on any atom is -0.495 e. The van der Waals surface area contributed by atoms with Crippen molar-refractivity contribution in [2.24, 2.45) is 0 Å². The van der Waals surface area contributed by atoms with Crippen LogP contribution in [0.4, 0.5) is 5.82 Å². The SMILES string of the molecule is COc1cc(-c2ccccc2)sc1C(=O)OCc1nc(N)c2ccccc2n1. The Labute approximate surface area is 165 Å². The summed E-state index contributed by atoms with van der Waals surface area (Å²) in [4.78, 5) is 22.6. The number of nitrogen functional groups attached to an aromatic ring is 1. The van der Waals surface area contributed by atoms with E-state index >= 15 is 0 Å². The molecule has 0 unspecified atom stereocenters. The van der Waals surface area contributed by atoms with Gasteiger partial charge in [0.2, 0.25) is 0 Å². The van der Waals surface area contributed by atoms with Crippen molar-refractivity contribution in [3.63, 3.8) is 0 Å². The molecule has 0 aliphatic carbocycles. The Hall–Kier alpha value is -3.45. The molecule has 2 heterocycles. The number of esters is 1. The zero-order chi connectivity index (χ0) is 19.5. The van der Waals surface area contributed by atoms with Crippen LogP contribution >= 0.6 is 11.3 Å². The standard InChI is InChI=1S/C21H17N3O3S/c1-26-16-11-17(13-7-3-2-4-8-13)28-19(16)21(25)27-12-18-23-15-10-6-5-9-14(15)20(22)24-18/h2-11H,12H2,1H3,(H2,22,23,24). The topological polar surface area (TPSA) is 87.3 Å². The maximum absolute atomic E-state index is 12.6.